The number of furan rings is 1. The van der Waals surface area contributed by atoms with Crippen molar-refractivity contribution in [3.63, 3.8) is 0 Å². The summed E-state index contributed by atoms with van der Waals surface area (Å²) >= 11 is 0. The van der Waals surface area contributed by atoms with Gasteiger partial charge >= 0.3 is 0 Å². The molecule has 0 amide bonds. The highest BCUT2D eigenvalue weighted by atomic mass is 16.3. The van der Waals surface area contributed by atoms with Crippen LogP contribution in [0.2, 0.25) is 0 Å². The minimum absolute atomic E-state index is 0.900. The standard InChI is InChI=1S/C54H35NO/c1-2-13-41-35-42(24-23-36(41)11-1)37-25-30-43(31-26-37)55(44-32-27-39(28-33-44)46-19-9-14-38-12-3-4-16-45(38)46)51-21-7-5-17-47(51)49-20-10-15-40-29-34-50-48-18-6-8-22-52(48)56-54(50)53(40)49/h1-35H. The van der Waals surface area contributed by atoms with E-state index in [0.29, 0.717) is 0 Å². The lowest BCUT2D eigenvalue weighted by molar-refractivity contribution is 0.673. The van der Waals surface area contributed by atoms with Gasteiger partial charge in [0.15, 0.2) is 0 Å². The van der Waals surface area contributed by atoms with Crippen LogP contribution in [-0.2, 0) is 0 Å². The van der Waals surface area contributed by atoms with Crippen LogP contribution in [0, 0.1) is 0 Å². The Bertz CT molecular complexity index is 3240. The van der Waals surface area contributed by atoms with Gasteiger partial charge in [0.1, 0.15) is 11.2 Å². The van der Waals surface area contributed by atoms with Gasteiger partial charge in [0.2, 0.25) is 0 Å². The van der Waals surface area contributed by atoms with Gasteiger partial charge in [0.25, 0.3) is 0 Å². The van der Waals surface area contributed by atoms with Gasteiger partial charge < -0.3 is 9.32 Å². The van der Waals surface area contributed by atoms with E-state index < -0.39 is 0 Å². The molecular formula is C54H35NO. The molecule has 0 bridgehead atoms. The molecule has 0 saturated carbocycles. The van der Waals surface area contributed by atoms with Crippen molar-refractivity contribution in [2.24, 2.45) is 0 Å². The van der Waals surface area contributed by atoms with Crippen LogP contribution in [0.15, 0.2) is 217 Å². The summed E-state index contributed by atoms with van der Waals surface area (Å²) in [5, 5.41) is 9.50. The van der Waals surface area contributed by atoms with Crippen LogP contribution in [-0.4, -0.2) is 0 Å². The van der Waals surface area contributed by atoms with Crippen molar-refractivity contribution in [2.75, 3.05) is 4.90 Å². The van der Waals surface area contributed by atoms with Crippen molar-refractivity contribution >= 4 is 71.3 Å². The monoisotopic (exact) mass is 713 g/mol. The quantitative estimate of drug-likeness (QED) is 0.171. The van der Waals surface area contributed by atoms with Crippen LogP contribution in [0.4, 0.5) is 17.1 Å². The SMILES string of the molecule is c1ccc(N(c2ccc(-c3ccc4ccccc4c3)cc2)c2ccc(-c3cccc4ccccc34)cc2)c(-c2cccc3ccc4c5ccccc5oc4c23)c1. The maximum atomic E-state index is 6.65. The minimum Gasteiger partial charge on any atom is -0.455 e. The second-order valence-electron chi connectivity index (χ2n) is 14.5. The molecule has 2 heteroatoms. The number of hydrogen-bond donors (Lipinski definition) is 0. The lowest BCUT2D eigenvalue weighted by atomic mass is 9.94. The van der Waals surface area contributed by atoms with E-state index in [2.05, 4.69) is 211 Å². The van der Waals surface area contributed by atoms with Gasteiger partial charge in [0.05, 0.1) is 5.69 Å². The fraction of sp³-hybridized carbons (Fsp3) is 0. The number of hydrogen-bond acceptors (Lipinski definition) is 2. The van der Waals surface area contributed by atoms with E-state index in [4.69, 9.17) is 4.42 Å². The first kappa shape index (κ1) is 32.0. The highest BCUT2D eigenvalue weighted by molar-refractivity contribution is 6.19. The van der Waals surface area contributed by atoms with Crippen LogP contribution in [0.1, 0.15) is 0 Å². The van der Waals surface area contributed by atoms with Gasteiger partial charge in [0, 0.05) is 33.1 Å². The van der Waals surface area contributed by atoms with E-state index in [0.717, 1.165) is 60.9 Å². The molecule has 0 N–H and O–H groups in total. The fourth-order valence-electron chi connectivity index (χ4n) is 8.54. The van der Waals surface area contributed by atoms with Gasteiger partial charge in [-0.3, -0.25) is 0 Å². The Morgan fingerprint density at radius 1 is 0.321 bits per heavy atom. The Kier molecular flexibility index (Phi) is 7.53. The molecule has 11 aromatic rings. The number of anilines is 3. The molecule has 0 atom stereocenters. The van der Waals surface area contributed by atoms with E-state index in [1.165, 1.54) is 43.8 Å². The lowest BCUT2D eigenvalue weighted by Gasteiger charge is -2.28. The zero-order valence-electron chi connectivity index (χ0n) is 30.6. The van der Waals surface area contributed by atoms with E-state index in [1.807, 2.05) is 6.07 Å². The van der Waals surface area contributed by atoms with Crippen LogP contribution in [0.5, 0.6) is 0 Å². The number of para-hydroxylation sites is 2. The average Bonchev–Trinajstić information content (AvgIpc) is 3.66. The van der Waals surface area contributed by atoms with Crippen molar-refractivity contribution in [1.82, 2.24) is 0 Å². The topological polar surface area (TPSA) is 16.4 Å². The zero-order valence-corrected chi connectivity index (χ0v) is 30.6. The second kappa shape index (κ2) is 13.2. The first-order chi connectivity index (χ1) is 27.8. The first-order valence-electron chi connectivity index (χ1n) is 19.2. The molecule has 10 aromatic carbocycles. The van der Waals surface area contributed by atoms with Crippen LogP contribution in [0.25, 0.3) is 87.6 Å². The molecule has 0 radical (unpaired) electrons. The molecule has 0 spiro atoms. The normalized spacial score (nSPS) is 11.6. The Labute approximate surface area is 325 Å². The van der Waals surface area contributed by atoms with E-state index in [1.54, 1.807) is 0 Å². The predicted octanol–water partition coefficient (Wildman–Crippen LogP) is 15.5. The van der Waals surface area contributed by atoms with Gasteiger partial charge in [-0.2, -0.15) is 0 Å². The molecule has 1 aromatic heterocycles. The fourth-order valence-corrected chi connectivity index (χ4v) is 8.54. The molecule has 0 aliphatic rings. The van der Waals surface area contributed by atoms with Gasteiger partial charge in [-0.25, -0.2) is 0 Å². The summed E-state index contributed by atoms with van der Waals surface area (Å²) in [4.78, 5) is 2.39. The van der Waals surface area contributed by atoms with E-state index >= 15 is 0 Å². The molecule has 11 rings (SSSR count). The Balaban J connectivity index is 1.09. The Hall–Kier alpha value is -7.42. The molecule has 262 valence electrons. The summed E-state index contributed by atoms with van der Waals surface area (Å²) < 4.78 is 6.65. The van der Waals surface area contributed by atoms with Crippen LogP contribution < -0.4 is 4.90 Å². The third-order valence-corrected chi connectivity index (χ3v) is 11.3. The largest absolute Gasteiger partial charge is 0.455 e. The summed E-state index contributed by atoms with van der Waals surface area (Å²) in [5.74, 6) is 0. The smallest absolute Gasteiger partial charge is 0.143 e. The summed E-state index contributed by atoms with van der Waals surface area (Å²) in [6.45, 7) is 0. The molecular weight excluding hydrogens is 679 g/mol. The third kappa shape index (κ3) is 5.34. The molecule has 0 aliphatic carbocycles. The van der Waals surface area contributed by atoms with E-state index in [-0.39, 0.29) is 0 Å². The minimum atomic E-state index is 0.900. The second-order valence-corrected chi connectivity index (χ2v) is 14.5. The molecule has 1 heterocycles. The summed E-state index contributed by atoms with van der Waals surface area (Å²) in [5.41, 5.74) is 12.1. The predicted molar refractivity (Wildman–Crippen MR) is 237 cm³/mol. The van der Waals surface area contributed by atoms with Crippen LogP contribution >= 0.6 is 0 Å². The van der Waals surface area contributed by atoms with Gasteiger partial charge in [-0.15, -0.1) is 0 Å². The average molecular weight is 714 g/mol. The Morgan fingerprint density at radius 2 is 0.893 bits per heavy atom. The summed E-state index contributed by atoms with van der Waals surface area (Å²) in [6.07, 6.45) is 0. The highest BCUT2D eigenvalue weighted by Crippen LogP contribution is 2.46. The van der Waals surface area contributed by atoms with Crippen molar-refractivity contribution in [2.45, 2.75) is 0 Å². The lowest BCUT2D eigenvalue weighted by Crippen LogP contribution is -2.11. The maximum absolute atomic E-state index is 6.65. The third-order valence-electron chi connectivity index (χ3n) is 11.3. The number of nitrogens with zero attached hydrogens (tertiary/aromatic N) is 1. The number of fused-ring (bicyclic) bond motifs is 7. The van der Waals surface area contributed by atoms with E-state index in [9.17, 15) is 0 Å². The molecule has 56 heavy (non-hydrogen) atoms. The molecule has 0 saturated heterocycles. The maximum Gasteiger partial charge on any atom is 0.143 e. The number of benzene rings is 10. The van der Waals surface area contributed by atoms with Crippen molar-refractivity contribution in [1.29, 1.82) is 0 Å². The molecule has 0 aliphatic heterocycles. The summed E-state index contributed by atoms with van der Waals surface area (Å²) in [7, 11) is 0. The Morgan fingerprint density at radius 3 is 1.71 bits per heavy atom. The van der Waals surface area contributed by atoms with Crippen molar-refractivity contribution in [3.05, 3.63) is 212 Å². The highest BCUT2D eigenvalue weighted by Gasteiger charge is 2.21. The zero-order chi connectivity index (χ0) is 37.0. The van der Waals surface area contributed by atoms with Crippen LogP contribution in [0.3, 0.4) is 0 Å². The first-order valence-corrected chi connectivity index (χ1v) is 19.2. The van der Waals surface area contributed by atoms with Crippen molar-refractivity contribution < 1.29 is 4.42 Å². The van der Waals surface area contributed by atoms with Gasteiger partial charge in [-0.05, 0) is 103 Å². The molecule has 0 unspecified atom stereocenters. The molecule has 0 fully saturated rings. The number of rotatable bonds is 6. The summed E-state index contributed by atoms with van der Waals surface area (Å²) in [6, 6.07) is 76.5. The molecule has 2 nitrogen and oxygen atoms in total. The van der Waals surface area contributed by atoms with Crippen molar-refractivity contribution in [3.8, 4) is 33.4 Å². The van der Waals surface area contributed by atoms with Gasteiger partial charge in [-0.1, -0.05) is 164 Å².